The monoisotopic (exact) mass is 548 g/mol. The lowest BCUT2D eigenvalue weighted by molar-refractivity contribution is -0.137. The van der Waals surface area contributed by atoms with E-state index in [-0.39, 0.29) is 66.9 Å². The normalized spacial score (nSPS) is 18.6. The first-order valence-corrected chi connectivity index (χ1v) is 10.5. The second-order valence-electron chi connectivity index (χ2n) is 6.46. The minimum Gasteiger partial charge on any atom is -0.356 e. The van der Waals surface area contributed by atoms with Crippen LogP contribution in [-0.4, -0.2) is 51.4 Å². The largest absolute Gasteiger partial charge is 0.416 e. The van der Waals surface area contributed by atoms with Gasteiger partial charge >= 0.3 is 6.18 Å². The maximum atomic E-state index is 12.6. The molecule has 29 heavy (non-hydrogen) atoms. The summed E-state index contributed by atoms with van der Waals surface area (Å²) in [5.41, 5.74) is -0.0593. The lowest BCUT2D eigenvalue weighted by Gasteiger charge is -2.14. The van der Waals surface area contributed by atoms with E-state index in [0.29, 0.717) is 17.9 Å². The minimum atomic E-state index is -4.37. The molecular formula is C17H24F3IN4O3S. The van der Waals surface area contributed by atoms with Gasteiger partial charge in [0.15, 0.2) is 15.8 Å². The molecule has 12 heteroatoms. The van der Waals surface area contributed by atoms with Gasteiger partial charge in [0.05, 0.1) is 17.1 Å². The SMILES string of the molecule is CN=C(NCCC(=O)NC1CCS(=O)(=O)C1)NCc1ccc(C(F)(F)F)cc1.I. The third-order valence-corrected chi connectivity index (χ3v) is 5.97. The van der Waals surface area contributed by atoms with E-state index in [2.05, 4.69) is 20.9 Å². The molecular weight excluding hydrogens is 524 g/mol. The lowest BCUT2D eigenvalue weighted by atomic mass is 10.1. The van der Waals surface area contributed by atoms with Gasteiger partial charge in [-0.15, -0.1) is 24.0 Å². The maximum Gasteiger partial charge on any atom is 0.416 e. The van der Waals surface area contributed by atoms with Crippen LogP contribution in [0.4, 0.5) is 13.2 Å². The van der Waals surface area contributed by atoms with Crippen molar-refractivity contribution < 1.29 is 26.4 Å². The van der Waals surface area contributed by atoms with E-state index in [0.717, 1.165) is 12.1 Å². The molecule has 1 aromatic carbocycles. The number of hydrogen-bond acceptors (Lipinski definition) is 4. The number of hydrogen-bond donors (Lipinski definition) is 3. The summed E-state index contributed by atoms with van der Waals surface area (Å²) in [7, 11) is -1.51. The van der Waals surface area contributed by atoms with Crippen molar-refractivity contribution >= 4 is 45.7 Å². The molecule has 0 aromatic heterocycles. The summed E-state index contributed by atoms with van der Waals surface area (Å²) in [4.78, 5) is 15.9. The number of amides is 1. The lowest BCUT2D eigenvalue weighted by Crippen LogP contribution is -2.40. The summed E-state index contributed by atoms with van der Waals surface area (Å²) in [6, 6.07) is 4.45. The van der Waals surface area contributed by atoms with Crippen LogP contribution in [-0.2, 0) is 27.4 Å². The van der Waals surface area contributed by atoms with Gasteiger partial charge in [0.25, 0.3) is 0 Å². The number of benzene rings is 1. The summed E-state index contributed by atoms with van der Waals surface area (Å²) in [5, 5.41) is 8.57. The molecule has 1 heterocycles. The highest BCUT2D eigenvalue weighted by atomic mass is 127. The quantitative estimate of drug-likeness (QED) is 0.286. The van der Waals surface area contributed by atoms with E-state index in [4.69, 9.17) is 0 Å². The number of halogens is 4. The summed E-state index contributed by atoms with van der Waals surface area (Å²) in [6.45, 7) is 0.544. The van der Waals surface area contributed by atoms with Crippen LogP contribution < -0.4 is 16.0 Å². The molecule has 164 valence electrons. The van der Waals surface area contributed by atoms with Gasteiger partial charge in [0, 0.05) is 32.6 Å². The van der Waals surface area contributed by atoms with Crippen LogP contribution in [0.25, 0.3) is 0 Å². The third kappa shape index (κ3) is 8.76. The average Bonchev–Trinajstić information content (AvgIpc) is 2.95. The Morgan fingerprint density at radius 1 is 1.21 bits per heavy atom. The molecule has 1 fully saturated rings. The standard InChI is InChI=1S/C17H23F3N4O3S.HI/c1-21-16(23-10-12-2-4-13(5-3-12)17(18,19)20)22-8-6-15(25)24-14-7-9-28(26,27)11-14;/h2-5,14H,6-11H2,1H3,(H,24,25)(H2,21,22,23);1H. The zero-order chi connectivity index (χ0) is 20.8. The van der Waals surface area contributed by atoms with Crippen molar-refractivity contribution in [3.8, 4) is 0 Å². The number of aliphatic imine (C=N–C) groups is 1. The summed E-state index contributed by atoms with van der Waals surface area (Å²) in [6.07, 6.45) is -3.80. The maximum absolute atomic E-state index is 12.6. The molecule has 0 aliphatic carbocycles. The molecule has 1 aliphatic heterocycles. The van der Waals surface area contributed by atoms with Gasteiger partial charge in [-0.1, -0.05) is 12.1 Å². The summed E-state index contributed by atoms with van der Waals surface area (Å²) in [5.74, 6) is 0.211. The highest BCUT2D eigenvalue weighted by Crippen LogP contribution is 2.29. The Kier molecular flexibility index (Phi) is 9.65. The number of guanidine groups is 1. The Labute approximate surface area is 184 Å². The van der Waals surface area contributed by atoms with E-state index in [1.165, 1.54) is 19.2 Å². The molecule has 1 aliphatic rings. The first kappa shape index (κ1) is 25.5. The van der Waals surface area contributed by atoms with Gasteiger partial charge in [-0.3, -0.25) is 9.79 Å². The topological polar surface area (TPSA) is 99.7 Å². The molecule has 3 N–H and O–H groups in total. The molecule has 0 bridgehead atoms. The summed E-state index contributed by atoms with van der Waals surface area (Å²) >= 11 is 0. The van der Waals surface area contributed by atoms with E-state index < -0.39 is 21.6 Å². The number of sulfone groups is 1. The van der Waals surface area contributed by atoms with Crippen LogP contribution in [0.15, 0.2) is 29.3 Å². The van der Waals surface area contributed by atoms with Crippen LogP contribution >= 0.6 is 24.0 Å². The van der Waals surface area contributed by atoms with E-state index in [1.807, 2.05) is 0 Å². The predicted molar refractivity (Wildman–Crippen MR) is 115 cm³/mol. The third-order valence-electron chi connectivity index (χ3n) is 4.21. The van der Waals surface area contributed by atoms with Crippen molar-refractivity contribution in [1.82, 2.24) is 16.0 Å². The van der Waals surface area contributed by atoms with Crippen LogP contribution in [0.1, 0.15) is 24.0 Å². The van der Waals surface area contributed by atoms with Crippen LogP contribution in [0.3, 0.4) is 0 Å². The Morgan fingerprint density at radius 3 is 2.38 bits per heavy atom. The zero-order valence-electron chi connectivity index (χ0n) is 15.8. The highest BCUT2D eigenvalue weighted by Gasteiger charge is 2.30. The van der Waals surface area contributed by atoms with E-state index in [1.54, 1.807) is 0 Å². The van der Waals surface area contributed by atoms with Crippen molar-refractivity contribution in [2.45, 2.75) is 31.6 Å². The molecule has 1 atom stereocenters. The predicted octanol–water partition coefficient (Wildman–Crippen LogP) is 1.68. The Morgan fingerprint density at radius 2 is 1.86 bits per heavy atom. The van der Waals surface area contributed by atoms with Gasteiger partial charge in [-0.25, -0.2) is 8.42 Å². The first-order chi connectivity index (χ1) is 13.1. The Bertz CT molecular complexity index is 814. The van der Waals surface area contributed by atoms with Crippen molar-refractivity contribution in [1.29, 1.82) is 0 Å². The molecule has 1 aromatic rings. The second-order valence-corrected chi connectivity index (χ2v) is 8.69. The molecule has 1 saturated heterocycles. The van der Waals surface area contributed by atoms with Crippen LogP contribution in [0.5, 0.6) is 0 Å². The minimum absolute atomic E-state index is 0. The molecule has 1 amide bonds. The van der Waals surface area contributed by atoms with Crippen molar-refractivity contribution in [2.24, 2.45) is 4.99 Å². The highest BCUT2D eigenvalue weighted by molar-refractivity contribution is 14.0. The molecule has 0 radical (unpaired) electrons. The van der Waals surface area contributed by atoms with Crippen LogP contribution in [0, 0.1) is 0 Å². The summed E-state index contributed by atoms with van der Waals surface area (Å²) < 4.78 is 60.4. The Balaban J connectivity index is 0.00000420. The van der Waals surface area contributed by atoms with E-state index in [9.17, 15) is 26.4 Å². The number of carbonyl (C=O) groups excluding carboxylic acids is 1. The van der Waals surface area contributed by atoms with Crippen molar-refractivity contribution in [2.75, 3.05) is 25.1 Å². The van der Waals surface area contributed by atoms with E-state index >= 15 is 0 Å². The fraction of sp³-hybridized carbons (Fsp3) is 0.529. The Hall–Kier alpha value is -1.57. The van der Waals surface area contributed by atoms with Crippen molar-refractivity contribution in [3.05, 3.63) is 35.4 Å². The number of nitrogens with one attached hydrogen (secondary N) is 3. The molecule has 7 nitrogen and oxygen atoms in total. The first-order valence-electron chi connectivity index (χ1n) is 8.69. The van der Waals surface area contributed by atoms with Gasteiger partial charge in [-0.05, 0) is 24.1 Å². The van der Waals surface area contributed by atoms with Gasteiger partial charge in [0.1, 0.15) is 0 Å². The number of alkyl halides is 3. The van der Waals surface area contributed by atoms with Gasteiger partial charge in [0.2, 0.25) is 5.91 Å². The fourth-order valence-corrected chi connectivity index (χ4v) is 4.39. The second kappa shape index (κ2) is 11.0. The molecule has 0 spiro atoms. The fourth-order valence-electron chi connectivity index (χ4n) is 2.72. The smallest absolute Gasteiger partial charge is 0.356 e. The van der Waals surface area contributed by atoms with Gasteiger partial charge < -0.3 is 16.0 Å². The molecule has 0 saturated carbocycles. The molecule has 1 unspecified atom stereocenters. The number of nitrogens with zero attached hydrogens (tertiary/aromatic N) is 1. The zero-order valence-corrected chi connectivity index (χ0v) is 18.9. The van der Waals surface area contributed by atoms with Crippen molar-refractivity contribution in [3.63, 3.8) is 0 Å². The number of carbonyl (C=O) groups is 1. The number of rotatable bonds is 6. The molecule has 2 rings (SSSR count). The average molecular weight is 548 g/mol. The van der Waals surface area contributed by atoms with Gasteiger partial charge in [-0.2, -0.15) is 13.2 Å². The van der Waals surface area contributed by atoms with Crippen LogP contribution in [0.2, 0.25) is 0 Å².